The summed E-state index contributed by atoms with van der Waals surface area (Å²) in [6, 6.07) is 4.66. The summed E-state index contributed by atoms with van der Waals surface area (Å²) >= 11 is 0. The van der Waals surface area contributed by atoms with E-state index in [-0.39, 0.29) is 16.9 Å². The Morgan fingerprint density at radius 2 is 1.72 bits per heavy atom. The maximum Gasteiger partial charge on any atom is 0.258 e. The van der Waals surface area contributed by atoms with E-state index in [1.165, 1.54) is 13.0 Å². The summed E-state index contributed by atoms with van der Waals surface area (Å²) in [6.07, 6.45) is 0. The van der Waals surface area contributed by atoms with Gasteiger partial charge in [-0.25, -0.2) is 0 Å². The summed E-state index contributed by atoms with van der Waals surface area (Å²) in [5.74, 6) is -3.81. The fourth-order valence-electron chi connectivity index (χ4n) is 2.56. The van der Waals surface area contributed by atoms with E-state index in [1.807, 2.05) is 0 Å². The lowest BCUT2D eigenvalue weighted by Crippen LogP contribution is -2.48. The second-order valence-corrected chi connectivity index (χ2v) is 4.51. The van der Waals surface area contributed by atoms with Gasteiger partial charge < -0.3 is 0 Å². The van der Waals surface area contributed by atoms with Gasteiger partial charge in [0.05, 0.1) is 5.92 Å². The summed E-state index contributed by atoms with van der Waals surface area (Å²) < 4.78 is 0. The monoisotopic (exact) mass is 243 g/mol. The van der Waals surface area contributed by atoms with Gasteiger partial charge in [-0.05, 0) is 18.6 Å². The van der Waals surface area contributed by atoms with Crippen molar-refractivity contribution in [3.05, 3.63) is 34.9 Å². The Bertz CT molecular complexity index is 632. The molecule has 18 heavy (non-hydrogen) atoms. The van der Waals surface area contributed by atoms with Gasteiger partial charge in [0.25, 0.3) is 5.91 Å². The summed E-state index contributed by atoms with van der Waals surface area (Å²) in [7, 11) is 0. The Balaban J connectivity index is 2.37. The third-order valence-corrected chi connectivity index (χ3v) is 3.51. The molecule has 2 amide bonds. The van der Waals surface area contributed by atoms with Crippen LogP contribution in [0.25, 0.3) is 0 Å². The van der Waals surface area contributed by atoms with Crippen LogP contribution >= 0.6 is 0 Å². The fraction of sp³-hybridized carbons (Fsp3) is 0.231. The van der Waals surface area contributed by atoms with Crippen molar-refractivity contribution in [3.63, 3.8) is 0 Å². The van der Waals surface area contributed by atoms with Gasteiger partial charge in [0, 0.05) is 11.1 Å². The molecule has 90 valence electrons. The second-order valence-electron chi connectivity index (χ2n) is 4.51. The molecule has 0 saturated carbocycles. The first kappa shape index (κ1) is 10.8. The molecule has 2 unspecified atom stereocenters. The minimum Gasteiger partial charge on any atom is -0.298 e. The number of hydrogen-bond donors (Lipinski definition) is 1. The number of benzene rings is 1. The predicted octanol–water partition coefficient (Wildman–Crippen LogP) is 0.442. The van der Waals surface area contributed by atoms with Gasteiger partial charge in [-0.2, -0.15) is 0 Å². The highest BCUT2D eigenvalue weighted by atomic mass is 16.2. The molecule has 0 spiro atoms. The Morgan fingerprint density at radius 3 is 2.44 bits per heavy atom. The van der Waals surface area contributed by atoms with Crippen molar-refractivity contribution in [2.75, 3.05) is 0 Å². The zero-order valence-corrected chi connectivity index (χ0v) is 9.52. The molecular formula is C13H9NO4. The molecule has 0 saturated heterocycles. The van der Waals surface area contributed by atoms with E-state index in [0.717, 1.165) is 0 Å². The van der Waals surface area contributed by atoms with Crippen LogP contribution in [0, 0.1) is 5.92 Å². The Morgan fingerprint density at radius 1 is 1.06 bits per heavy atom. The van der Waals surface area contributed by atoms with Crippen LogP contribution in [-0.2, 0) is 9.59 Å². The first-order valence-electron chi connectivity index (χ1n) is 5.58. The predicted molar refractivity (Wildman–Crippen MR) is 60.2 cm³/mol. The molecule has 0 aromatic heterocycles. The quantitative estimate of drug-likeness (QED) is 0.529. The molecule has 1 aromatic carbocycles. The minimum absolute atomic E-state index is 0.241. The molecule has 1 aliphatic heterocycles. The zero-order valence-electron chi connectivity index (χ0n) is 9.52. The third kappa shape index (κ3) is 1.16. The van der Waals surface area contributed by atoms with Gasteiger partial charge in [0.2, 0.25) is 5.91 Å². The van der Waals surface area contributed by atoms with Crippen molar-refractivity contribution in [2.24, 2.45) is 5.92 Å². The van der Waals surface area contributed by atoms with Crippen LogP contribution in [-0.4, -0.2) is 23.4 Å². The Kier molecular flexibility index (Phi) is 2.02. The first-order chi connectivity index (χ1) is 8.52. The van der Waals surface area contributed by atoms with Crippen LogP contribution in [0.1, 0.15) is 39.1 Å². The van der Waals surface area contributed by atoms with E-state index in [1.54, 1.807) is 12.1 Å². The van der Waals surface area contributed by atoms with Crippen molar-refractivity contribution in [1.29, 1.82) is 0 Å². The lowest BCUT2D eigenvalue weighted by atomic mass is 9.72. The summed E-state index contributed by atoms with van der Waals surface area (Å²) in [5, 5.41) is 2.15. The van der Waals surface area contributed by atoms with Gasteiger partial charge in [0.15, 0.2) is 11.6 Å². The minimum atomic E-state index is -1.03. The first-order valence-corrected chi connectivity index (χ1v) is 5.58. The SMILES string of the molecule is CC1C(=O)c2cccc3c2C(C(=O)NC3=O)C1=O. The molecule has 0 radical (unpaired) electrons. The summed E-state index contributed by atoms with van der Waals surface area (Å²) in [5.41, 5.74) is 0.831. The topological polar surface area (TPSA) is 80.3 Å². The van der Waals surface area contributed by atoms with E-state index in [0.29, 0.717) is 5.56 Å². The molecule has 1 aromatic rings. The van der Waals surface area contributed by atoms with Crippen LogP contribution < -0.4 is 5.32 Å². The molecule has 2 aliphatic rings. The normalized spacial score (nSPS) is 25.8. The Labute approximate surface area is 102 Å². The van der Waals surface area contributed by atoms with Crippen molar-refractivity contribution in [2.45, 2.75) is 12.8 Å². The van der Waals surface area contributed by atoms with Crippen LogP contribution in [0.4, 0.5) is 0 Å². The largest absolute Gasteiger partial charge is 0.298 e. The highest BCUT2D eigenvalue weighted by molar-refractivity contribution is 6.28. The van der Waals surface area contributed by atoms with Gasteiger partial charge >= 0.3 is 0 Å². The molecular weight excluding hydrogens is 234 g/mol. The third-order valence-electron chi connectivity index (χ3n) is 3.51. The number of Topliss-reactive ketones (excluding diaryl/α,β-unsaturated/α-hetero) is 2. The lowest BCUT2D eigenvalue weighted by Gasteiger charge is -2.31. The average Bonchev–Trinajstić information content (AvgIpc) is 2.35. The maximum atomic E-state index is 12.0. The van der Waals surface area contributed by atoms with Crippen LogP contribution in [0.2, 0.25) is 0 Å². The van der Waals surface area contributed by atoms with E-state index in [4.69, 9.17) is 0 Å². The number of imide groups is 1. The molecule has 1 N–H and O–H groups in total. The molecule has 2 atom stereocenters. The number of hydrogen-bond acceptors (Lipinski definition) is 4. The van der Waals surface area contributed by atoms with Gasteiger partial charge in [-0.1, -0.05) is 12.1 Å². The van der Waals surface area contributed by atoms with E-state index in [2.05, 4.69) is 5.32 Å². The number of rotatable bonds is 0. The molecule has 0 bridgehead atoms. The highest BCUT2D eigenvalue weighted by Gasteiger charge is 2.46. The standard InChI is InChI=1S/C13H9NO4/c1-5-10(15)6-3-2-4-7-8(6)9(11(5)16)13(18)14-12(7)17/h2-5,9H,1H3,(H,14,17,18). The van der Waals surface area contributed by atoms with E-state index in [9.17, 15) is 19.2 Å². The van der Waals surface area contributed by atoms with Crippen LogP contribution in [0.3, 0.4) is 0 Å². The lowest BCUT2D eigenvalue weighted by molar-refractivity contribution is -0.131. The molecule has 0 fully saturated rings. The highest BCUT2D eigenvalue weighted by Crippen LogP contribution is 2.36. The number of carbonyl (C=O) groups is 4. The maximum absolute atomic E-state index is 12.0. The van der Waals surface area contributed by atoms with Crippen molar-refractivity contribution in [3.8, 4) is 0 Å². The number of nitrogens with one attached hydrogen (secondary N) is 1. The van der Waals surface area contributed by atoms with Crippen LogP contribution in [0.5, 0.6) is 0 Å². The number of ketones is 2. The molecule has 5 nitrogen and oxygen atoms in total. The van der Waals surface area contributed by atoms with Gasteiger partial charge in [-0.3, -0.25) is 24.5 Å². The average molecular weight is 243 g/mol. The molecule has 5 heteroatoms. The molecule has 3 rings (SSSR count). The summed E-state index contributed by atoms with van der Waals surface area (Å²) in [6.45, 7) is 1.49. The van der Waals surface area contributed by atoms with Crippen molar-refractivity contribution < 1.29 is 19.2 Å². The van der Waals surface area contributed by atoms with E-state index >= 15 is 0 Å². The van der Waals surface area contributed by atoms with Gasteiger partial charge in [-0.15, -0.1) is 0 Å². The molecule has 1 heterocycles. The second kappa shape index (κ2) is 3.35. The van der Waals surface area contributed by atoms with Crippen molar-refractivity contribution >= 4 is 23.4 Å². The van der Waals surface area contributed by atoms with Crippen LogP contribution in [0.15, 0.2) is 18.2 Å². The number of amides is 2. The molecule has 1 aliphatic carbocycles. The zero-order chi connectivity index (χ0) is 13.0. The van der Waals surface area contributed by atoms with Crippen molar-refractivity contribution in [1.82, 2.24) is 5.32 Å². The Hall–Kier alpha value is -2.30. The summed E-state index contributed by atoms with van der Waals surface area (Å²) in [4.78, 5) is 47.5. The fourth-order valence-corrected chi connectivity index (χ4v) is 2.56. The van der Waals surface area contributed by atoms with Gasteiger partial charge in [0.1, 0.15) is 5.92 Å². The number of carbonyl (C=O) groups excluding carboxylic acids is 4. The van der Waals surface area contributed by atoms with E-state index < -0.39 is 29.4 Å². The smallest absolute Gasteiger partial charge is 0.258 e.